The fourth-order valence-electron chi connectivity index (χ4n) is 1.46. The lowest BCUT2D eigenvalue weighted by Crippen LogP contribution is -2.32. The molecule has 0 aliphatic rings. The van der Waals surface area contributed by atoms with Crippen LogP contribution in [0.25, 0.3) is 0 Å². The summed E-state index contributed by atoms with van der Waals surface area (Å²) in [4.78, 5) is 0.131. The first-order chi connectivity index (χ1) is 8.65. The van der Waals surface area contributed by atoms with Crippen molar-refractivity contribution in [1.82, 2.24) is 10.0 Å². The molecule has 0 atom stereocenters. The van der Waals surface area contributed by atoms with Crippen LogP contribution < -0.4 is 10.0 Å². The Labute approximate surface area is 120 Å². The van der Waals surface area contributed by atoms with Crippen LogP contribution in [0.15, 0.2) is 23.1 Å². The van der Waals surface area contributed by atoms with Crippen LogP contribution in [0.3, 0.4) is 0 Å². The maximum atomic E-state index is 12.2. The Morgan fingerprint density at radius 1 is 1.26 bits per heavy atom. The van der Waals surface area contributed by atoms with Crippen molar-refractivity contribution in [2.75, 3.05) is 13.6 Å². The van der Waals surface area contributed by atoms with E-state index in [9.17, 15) is 8.42 Å². The molecule has 0 spiro atoms. The van der Waals surface area contributed by atoms with Crippen LogP contribution in [0, 0.1) is 5.41 Å². The molecule has 0 fully saturated rings. The van der Waals surface area contributed by atoms with Crippen molar-refractivity contribution in [2.24, 2.45) is 5.41 Å². The minimum Gasteiger partial charge on any atom is -0.316 e. The smallest absolute Gasteiger partial charge is 0.242 e. The predicted molar refractivity (Wildman–Crippen MR) is 78.9 cm³/mol. The fourth-order valence-corrected chi connectivity index (χ4v) is 3.29. The van der Waals surface area contributed by atoms with Crippen LogP contribution in [0.2, 0.25) is 5.02 Å². The molecule has 0 amide bonds. The van der Waals surface area contributed by atoms with Crippen molar-refractivity contribution in [3.8, 4) is 0 Å². The topological polar surface area (TPSA) is 58.2 Å². The number of sulfonamides is 1. The molecule has 2 N–H and O–H groups in total. The molecule has 0 aliphatic heterocycles. The summed E-state index contributed by atoms with van der Waals surface area (Å²) >= 11 is 5.99. The molecule has 0 bridgehead atoms. The van der Waals surface area contributed by atoms with Crippen molar-refractivity contribution in [1.29, 1.82) is 0 Å². The highest BCUT2D eigenvalue weighted by Gasteiger charge is 2.21. The first-order valence-electron chi connectivity index (χ1n) is 6.08. The maximum Gasteiger partial charge on any atom is 0.242 e. The van der Waals surface area contributed by atoms with Gasteiger partial charge in [0.05, 0.1) is 5.02 Å². The molecular weight excluding hydrogens is 284 g/mol. The zero-order valence-corrected chi connectivity index (χ0v) is 13.3. The molecule has 0 aromatic heterocycles. The zero-order valence-electron chi connectivity index (χ0n) is 11.7. The molecule has 0 radical (unpaired) electrons. The summed E-state index contributed by atoms with van der Waals surface area (Å²) < 4.78 is 27.1. The van der Waals surface area contributed by atoms with Gasteiger partial charge >= 0.3 is 0 Å². The Balaban J connectivity index is 3.03. The van der Waals surface area contributed by atoms with Gasteiger partial charge in [0.2, 0.25) is 10.0 Å². The number of rotatable bonds is 5. The van der Waals surface area contributed by atoms with Gasteiger partial charge in [0, 0.05) is 13.1 Å². The maximum absolute atomic E-state index is 12.2. The van der Waals surface area contributed by atoms with E-state index >= 15 is 0 Å². The van der Waals surface area contributed by atoms with Crippen molar-refractivity contribution in [3.63, 3.8) is 0 Å². The minimum absolute atomic E-state index is 0.123. The Hall–Kier alpha value is -0.620. The van der Waals surface area contributed by atoms with Gasteiger partial charge in [0.25, 0.3) is 0 Å². The number of halogens is 1. The number of hydrogen-bond donors (Lipinski definition) is 2. The van der Waals surface area contributed by atoms with Crippen molar-refractivity contribution >= 4 is 21.6 Å². The van der Waals surface area contributed by atoms with Gasteiger partial charge in [-0.1, -0.05) is 38.4 Å². The molecule has 1 rings (SSSR count). The first kappa shape index (κ1) is 16.4. The summed E-state index contributed by atoms with van der Waals surface area (Å²) in [7, 11) is -1.77. The molecule has 108 valence electrons. The molecule has 1 aromatic rings. The number of benzene rings is 1. The summed E-state index contributed by atoms with van der Waals surface area (Å²) in [6.07, 6.45) is 0. The molecule has 0 saturated carbocycles. The molecule has 0 saturated heterocycles. The largest absolute Gasteiger partial charge is 0.316 e. The SMILES string of the molecule is CNCc1ccc(Cl)c(S(=O)(=O)NCC(C)(C)C)c1. The van der Waals surface area contributed by atoms with Crippen LogP contribution in [-0.2, 0) is 16.6 Å². The van der Waals surface area contributed by atoms with Gasteiger partial charge < -0.3 is 5.32 Å². The van der Waals surface area contributed by atoms with Gasteiger partial charge in [-0.2, -0.15) is 0 Å². The predicted octanol–water partition coefficient (Wildman–Crippen LogP) is 2.38. The van der Waals surface area contributed by atoms with Crippen molar-refractivity contribution in [3.05, 3.63) is 28.8 Å². The van der Waals surface area contributed by atoms with E-state index in [0.29, 0.717) is 13.1 Å². The van der Waals surface area contributed by atoms with Crippen molar-refractivity contribution < 1.29 is 8.42 Å². The Morgan fingerprint density at radius 2 is 1.89 bits per heavy atom. The highest BCUT2D eigenvalue weighted by atomic mass is 35.5. The molecule has 0 heterocycles. The lowest BCUT2D eigenvalue weighted by Gasteiger charge is -2.19. The lowest BCUT2D eigenvalue weighted by molar-refractivity contribution is 0.407. The van der Waals surface area contributed by atoms with E-state index in [4.69, 9.17) is 11.6 Å². The first-order valence-corrected chi connectivity index (χ1v) is 7.94. The van der Waals surface area contributed by atoms with Crippen molar-refractivity contribution in [2.45, 2.75) is 32.2 Å². The summed E-state index contributed by atoms with van der Waals surface area (Å²) in [5.74, 6) is 0. The molecule has 19 heavy (non-hydrogen) atoms. The molecule has 4 nitrogen and oxygen atoms in total. The number of hydrogen-bond acceptors (Lipinski definition) is 3. The second kappa shape index (κ2) is 6.22. The van der Waals surface area contributed by atoms with Gasteiger partial charge in [0.15, 0.2) is 0 Å². The van der Waals surface area contributed by atoms with Crippen LogP contribution in [0.1, 0.15) is 26.3 Å². The second-order valence-corrected chi connectivity index (χ2v) is 7.82. The van der Waals surface area contributed by atoms with Gasteiger partial charge in [-0.05, 0) is 30.2 Å². The molecule has 6 heteroatoms. The van der Waals surface area contributed by atoms with E-state index in [1.807, 2.05) is 26.8 Å². The third-order valence-corrected chi connectivity index (χ3v) is 4.34. The van der Waals surface area contributed by atoms with E-state index in [1.165, 1.54) is 0 Å². The average molecular weight is 305 g/mol. The monoisotopic (exact) mass is 304 g/mol. The second-order valence-electron chi connectivity index (χ2n) is 5.68. The summed E-state index contributed by atoms with van der Waals surface area (Å²) in [6, 6.07) is 5.02. The fraction of sp³-hybridized carbons (Fsp3) is 0.538. The third-order valence-electron chi connectivity index (χ3n) is 2.46. The van der Waals surface area contributed by atoms with E-state index in [-0.39, 0.29) is 15.3 Å². The summed E-state index contributed by atoms with van der Waals surface area (Å²) in [5.41, 5.74) is 0.755. The molecule has 0 aliphatic carbocycles. The van der Waals surface area contributed by atoms with E-state index < -0.39 is 10.0 Å². The molecule has 1 aromatic carbocycles. The van der Waals surface area contributed by atoms with Crippen LogP contribution in [0.5, 0.6) is 0 Å². The number of nitrogens with one attached hydrogen (secondary N) is 2. The van der Waals surface area contributed by atoms with E-state index in [1.54, 1.807) is 19.2 Å². The van der Waals surface area contributed by atoms with Crippen LogP contribution in [-0.4, -0.2) is 22.0 Å². The molecular formula is C13H21ClN2O2S. The van der Waals surface area contributed by atoms with Gasteiger partial charge in [-0.15, -0.1) is 0 Å². The van der Waals surface area contributed by atoms with Gasteiger partial charge in [-0.3, -0.25) is 0 Å². The Morgan fingerprint density at radius 3 is 2.42 bits per heavy atom. The third kappa shape index (κ3) is 5.10. The average Bonchev–Trinajstić information content (AvgIpc) is 2.29. The van der Waals surface area contributed by atoms with E-state index in [0.717, 1.165) is 5.56 Å². The van der Waals surface area contributed by atoms with Gasteiger partial charge in [-0.25, -0.2) is 13.1 Å². The Kier molecular flexibility index (Phi) is 5.38. The summed E-state index contributed by atoms with van der Waals surface area (Å²) in [5, 5.41) is 3.22. The summed E-state index contributed by atoms with van der Waals surface area (Å²) in [6.45, 7) is 6.86. The Bertz CT molecular complexity index is 536. The van der Waals surface area contributed by atoms with Crippen LogP contribution >= 0.6 is 11.6 Å². The normalized spacial score (nSPS) is 12.7. The minimum atomic E-state index is -3.57. The van der Waals surface area contributed by atoms with Crippen LogP contribution in [0.4, 0.5) is 0 Å². The highest BCUT2D eigenvalue weighted by Crippen LogP contribution is 2.23. The zero-order chi connectivity index (χ0) is 14.7. The molecule has 0 unspecified atom stereocenters. The van der Waals surface area contributed by atoms with Gasteiger partial charge in [0.1, 0.15) is 4.90 Å². The highest BCUT2D eigenvalue weighted by molar-refractivity contribution is 7.89. The lowest BCUT2D eigenvalue weighted by atomic mass is 9.98. The quantitative estimate of drug-likeness (QED) is 0.878. The van der Waals surface area contributed by atoms with E-state index in [2.05, 4.69) is 10.0 Å². The standard InChI is InChI=1S/C13H21ClN2O2S/c1-13(2,3)9-16-19(17,18)12-7-10(8-15-4)5-6-11(12)14/h5-7,15-16H,8-9H2,1-4H3.